The predicted octanol–water partition coefficient (Wildman–Crippen LogP) is 12.7. The summed E-state index contributed by atoms with van der Waals surface area (Å²) < 4.78 is 6.15. The van der Waals surface area contributed by atoms with Gasteiger partial charge in [0.05, 0.1) is 6.10 Å². The van der Waals surface area contributed by atoms with E-state index in [2.05, 4.69) is 81.5 Å². The molecule has 0 spiro atoms. The van der Waals surface area contributed by atoms with Crippen molar-refractivity contribution in [2.75, 3.05) is 20.6 Å². The minimum absolute atomic E-state index is 0.205. The Morgan fingerprint density at radius 2 is 0.841 bits per heavy atom. The molecule has 0 aromatic carbocycles. The van der Waals surface area contributed by atoms with Crippen molar-refractivity contribution >= 4 is 0 Å². The second-order valence-corrected chi connectivity index (χ2v) is 13.2. The molecule has 3 heteroatoms. The highest BCUT2D eigenvalue weighted by Gasteiger charge is 2.14. The standard InChI is InChI=1S/C41H77NO2/c1-5-7-9-11-13-15-17-19-21-23-25-27-29-31-33-35-37-40(44-41(43)38-39-42(3)4)36-34-32-30-28-26-24-22-20-18-16-14-12-10-8-6-2/h13-16,19-22,40-41,43H,5-12,17-18,23-39H2,1-4H3/b15-13-,16-14-,21-19-,22-20-. The molecule has 0 amide bonds. The molecule has 0 heterocycles. The number of allylic oxidation sites excluding steroid dienone is 8. The van der Waals surface area contributed by atoms with E-state index in [1.165, 1.54) is 135 Å². The van der Waals surface area contributed by atoms with E-state index >= 15 is 0 Å². The smallest absolute Gasteiger partial charge is 0.156 e. The summed E-state index contributed by atoms with van der Waals surface area (Å²) in [6.45, 7) is 5.39. The first-order valence-electron chi connectivity index (χ1n) is 19.2. The minimum atomic E-state index is -0.634. The van der Waals surface area contributed by atoms with Crippen molar-refractivity contribution in [3.8, 4) is 0 Å². The highest BCUT2D eigenvalue weighted by molar-refractivity contribution is 4.93. The molecule has 0 saturated carbocycles. The molecule has 2 unspecified atom stereocenters. The van der Waals surface area contributed by atoms with Crippen molar-refractivity contribution in [3.63, 3.8) is 0 Å². The summed E-state index contributed by atoms with van der Waals surface area (Å²) in [5, 5.41) is 10.5. The molecule has 44 heavy (non-hydrogen) atoms. The summed E-state index contributed by atoms with van der Waals surface area (Å²) in [5.74, 6) is 0. The summed E-state index contributed by atoms with van der Waals surface area (Å²) in [5.41, 5.74) is 0. The van der Waals surface area contributed by atoms with Crippen LogP contribution in [-0.2, 0) is 4.74 Å². The van der Waals surface area contributed by atoms with Crippen LogP contribution in [0.1, 0.15) is 181 Å². The highest BCUT2D eigenvalue weighted by Crippen LogP contribution is 2.19. The average Bonchev–Trinajstić information content (AvgIpc) is 3.01. The zero-order chi connectivity index (χ0) is 32.2. The first-order valence-corrected chi connectivity index (χ1v) is 19.2. The number of unbranched alkanes of at least 4 members (excludes halogenated alkanes) is 17. The van der Waals surface area contributed by atoms with Gasteiger partial charge < -0.3 is 14.7 Å². The van der Waals surface area contributed by atoms with Crippen LogP contribution in [0.25, 0.3) is 0 Å². The molecule has 0 radical (unpaired) electrons. The fourth-order valence-electron chi connectivity index (χ4n) is 5.48. The molecule has 3 nitrogen and oxygen atoms in total. The normalized spacial score (nSPS) is 14.0. The lowest BCUT2D eigenvalue weighted by molar-refractivity contribution is -0.144. The third kappa shape index (κ3) is 35.3. The zero-order valence-electron chi connectivity index (χ0n) is 30.2. The number of aliphatic hydroxyl groups is 1. The van der Waals surface area contributed by atoms with Crippen LogP contribution in [0.15, 0.2) is 48.6 Å². The number of ether oxygens (including phenoxy) is 1. The molecule has 0 saturated heterocycles. The lowest BCUT2D eigenvalue weighted by atomic mass is 10.0. The van der Waals surface area contributed by atoms with Gasteiger partial charge in [-0.25, -0.2) is 0 Å². The maximum absolute atomic E-state index is 10.5. The van der Waals surface area contributed by atoms with E-state index in [0.29, 0.717) is 6.42 Å². The topological polar surface area (TPSA) is 32.7 Å². The molecule has 0 aromatic heterocycles. The highest BCUT2D eigenvalue weighted by atomic mass is 16.6. The lowest BCUT2D eigenvalue weighted by Gasteiger charge is -2.23. The van der Waals surface area contributed by atoms with Crippen LogP contribution in [-0.4, -0.2) is 43.0 Å². The molecule has 0 aliphatic carbocycles. The van der Waals surface area contributed by atoms with Crippen molar-refractivity contribution in [2.24, 2.45) is 0 Å². The number of rotatable bonds is 34. The summed E-state index contributed by atoms with van der Waals surface area (Å²) in [7, 11) is 4.10. The van der Waals surface area contributed by atoms with E-state index in [1.54, 1.807) is 0 Å². The van der Waals surface area contributed by atoms with Crippen molar-refractivity contribution in [1.29, 1.82) is 0 Å². The molecule has 0 aromatic rings. The second kappa shape index (κ2) is 36.3. The number of hydrogen-bond acceptors (Lipinski definition) is 3. The van der Waals surface area contributed by atoms with Crippen LogP contribution in [0.3, 0.4) is 0 Å². The second-order valence-electron chi connectivity index (χ2n) is 13.2. The molecule has 1 N–H and O–H groups in total. The molecule has 258 valence electrons. The quantitative estimate of drug-likeness (QED) is 0.0444. The van der Waals surface area contributed by atoms with Gasteiger partial charge in [-0.15, -0.1) is 0 Å². The van der Waals surface area contributed by atoms with E-state index in [0.717, 1.165) is 32.2 Å². The van der Waals surface area contributed by atoms with E-state index in [1.807, 2.05) is 0 Å². The molecule has 2 atom stereocenters. The minimum Gasteiger partial charge on any atom is -0.368 e. The van der Waals surface area contributed by atoms with E-state index in [9.17, 15) is 5.11 Å². The Labute approximate surface area is 276 Å². The van der Waals surface area contributed by atoms with Crippen LogP contribution in [0.4, 0.5) is 0 Å². The maximum Gasteiger partial charge on any atom is 0.156 e. The summed E-state index contributed by atoms with van der Waals surface area (Å²) >= 11 is 0. The largest absolute Gasteiger partial charge is 0.368 e. The first-order chi connectivity index (χ1) is 21.6. The third-order valence-electron chi connectivity index (χ3n) is 8.38. The van der Waals surface area contributed by atoms with Crippen molar-refractivity contribution < 1.29 is 9.84 Å². The van der Waals surface area contributed by atoms with Gasteiger partial charge in [0.25, 0.3) is 0 Å². The van der Waals surface area contributed by atoms with Gasteiger partial charge >= 0.3 is 0 Å². The first kappa shape index (κ1) is 42.8. The fraction of sp³-hybridized carbons (Fsp3) is 0.805. The van der Waals surface area contributed by atoms with Crippen molar-refractivity contribution in [1.82, 2.24) is 4.90 Å². The molecule has 0 aliphatic rings. The fourth-order valence-corrected chi connectivity index (χ4v) is 5.48. The Morgan fingerprint density at radius 3 is 1.23 bits per heavy atom. The van der Waals surface area contributed by atoms with Gasteiger partial charge in [-0.1, -0.05) is 146 Å². The molecule has 0 bridgehead atoms. The monoisotopic (exact) mass is 616 g/mol. The van der Waals surface area contributed by atoms with E-state index in [-0.39, 0.29) is 6.10 Å². The van der Waals surface area contributed by atoms with Gasteiger partial charge in [0.15, 0.2) is 6.29 Å². The summed E-state index contributed by atoms with van der Waals surface area (Å²) in [4.78, 5) is 2.12. The van der Waals surface area contributed by atoms with Gasteiger partial charge in [-0.2, -0.15) is 0 Å². The molecule has 0 fully saturated rings. The van der Waals surface area contributed by atoms with Crippen LogP contribution in [0, 0.1) is 0 Å². The Kier molecular flexibility index (Phi) is 35.4. The molecular formula is C41H77NO2. The van der Waals surface area contributed by atoms with Crippen molar-refractivity contribution in [2.45, 2.75) is 193 Å². The molecule has 0 aliphatic heterocycles. The Hall–Kier alpha value is -1.16. The Bertz CT molecular complexity index is 666. The van der Waals surface area contributed by atoms with E-state index in [4.69, 9.17) is 4.74 Å². The number of nitrogens with zero attached hydrogens (tertiary/aromatic N) is 1. The zero-order valence-corrected chi connectivity index (χ0v) is 30.2. The SMILES string of the molecule is CCCCC/C=C\C/C=C\CCCCCCCCC(CCCCCCC/C=C\C/C=C\CCCCC)OC(O)CCN(C)C. The summed E-state index contributed by atoms with van der Waals surface area (Å²) in [6.07, 6.45) is 50.5. The Morgan fingerprint density at radius 1 is 0.477 bits per heavy atom. The lowest BCUT2D eigenvalue weighted by Crippen LogP contribution is -2.26. The van der Waals surface area contributed by atoms with Gasteiger partial charge in [-0.3, -0.25) is 0 Å². The van der Waals surface area contributed by atoms with Gasteiger partial charge in [0.2, 0.25) is 0 Å². The maximum atomic E-state index is 10.5. The van der Waals surface area contributed by atoms with Crippen LogP contribution >= 0.6 is 0 Å². The Balaban J connectivity index is 3.97. The molecule has 0 rings (SSSR count). The van der Waals surface area contributed by atoms with Gasteiger partial charge in [0, 0.05) is 13.0 Å². The van der Waals surface area contributed by atoms with Crippen LogP contribution in [0.2, 0.25) is 0 Å². The number of aliphatic hydroxyl groups excluding tert-OH is 1. The number of hydrogen-bond donors (Lipinski definition) is 1. The third-order valence-corrected chi connectivity index (χ3v) is 8.38. The van der Waals surface area contributed by atoms with Crippen LogP contribution in [0.5, 0.6) is 0 Å². The van der Waals surface area contributed by atoms with Gasteiger partial charge in [0.1, 0.15) is 0 Å². The predicted molar refractivity (Wildman–Crippen MR) is 197 cm³/mol. The average molecular weight is 616 g/mol. The summed E-state index contributed by atoms with van der Waals surface area (Å²) in [6, 6.07) is 0. The van der Waals surface area contributed by atoms with Crippen LogP contribution < -0.4 is 0 Å². The van der Waals surface area contributed by atoms with Gasteiger partial charge in [-0.05, 0) is 91.1 Å². The molecular weight excluding hydrogens is 538 g/mol. The van der Waals surface area contributed by atoms with Crippen molar-refractivity contribution in [3.05, 3.63) is 48.6 Å². The van der Waals surface area contributed by atoms with E-state index < -0.39 is 6.29 Å².